The van der Waals surface area contributed by atoms with Crippen LogP contribution >= 0.6 is 0 Å². The van der Waals surface area contributed by atoms with E-state index in [0.29, 0.717) is 31.2 Å². The highest BCUT2D eigenvalue weighted by atomic mass is 19.2. The van der Waals surface area contributed by atoms with Gasteiger partial charge < -0.3 is 14.6 Å². The summed E-state index contributed by atoms with van der Waals surface area (Å²) < 4.78 is 32.8. The van der Waals surface area contributed by atoms with Crippen molar-refractivity contribution < 1.29 is 13.5 Å². The molecule has 10 heteroatoms. The second-order valence-corrected chi connectivity index (χ2v) is 12.6. The van der Waals surface area contributed by atoms with Crippen LogP contribution in [0.1, 0.15) is 52.0 Å². The second-order valence-electron chi connectivity index (χ2n) is 12.6. The molecule has 0 amide bonds. The Kier molecular flexibility index (Phi) is 9.95. The van der Waals surface area contributed by atoms with Crippen molar-refractivity contribution in [1.82, 2.24) is 19.7 Å². The summed E-state index contributed by atoms with van der Waals surface area (Å²) >= 11 is 0. The zero-order valence-corrected chi connectivity index (χ0v) is 25.9. The number of nitrogens with one attached hydrogen (secondary N) is 1. The number of hydrogen-bond donors (Lipinski definition) is 1. The number of aromatic amines is 1. The zero-order valence-electron chi connectivity index (χ0n) is 25.9. The molecule has 3 unspecified atom stereocenters. The van der Waals surface area contributed by atoms with E-state index in [2.05, 4.69) is 63.9 Å². The Labute approximate surface area is 253 Å². The Morgan fingerprint density at radius 1 is 1.21 bits per heavy atom. The number of likely N-dealkylation sites (tertiary alicyclic amines) is 2. The van der Waals surface area contributed by atoms with E-state index in [9.17, 15) is 14.0 Å². The Bertz CT molecular complexity index is 1440. The molecular weight excluding hydrogens is 548 g/mol. The summed E-state index contributed by atoms with van der Waals surface area (Å²) in [6.07, 6.45) is 7.66. The molecule has 1 aromatic heterocycles. The van der Waals surface area contributed by atoms with E-state index >= 15 is 0 Å². The number of ether oxygens (including phenoxy) is 1. The molecule has 3 atom stereocenters. The van der Waals surface area contributed by atoms with E-state index < -0.39 is 11.6 Å². The highest BCUT2D eigenvalue weighted by molar-refractivity contribution is 5.74. The van der Waals surface area contributed by atoms with E-state index in [4.69, 9.17) is 9.73 Å². The van der Waals surface area contributed by atoms with Gasteiger partial charge in [-0.2, -0.15) is 5.26 Å². The molecule has 43 heavy (non-hydrogen) atoms. The molecule has 8 nitrogen and oxygen atoms in total. The molecule has 2 fully saturated rings. The largest absolute Gasteiger partial charge is 0.372 e. The molecule has 3 aliphatic rings. The summed E-state index contributed by atoms with van der Waals surface area (Å²) in [6, 6.07) is 9.18. The lowest BCUT2D eigenvalue weighted by Crippen LogP contribution is -2.63. The van der Waals surface area contributed by atoms with Gasteiger partial charge in [0.05, 0.1) is 18.8 Å². The summed E-state index contributed by atoms with van der Waals surface area (Å²) in [7, 11) is 2.09. The Balaban J connectivity index is 1.10. The minimum Gasteiger partial charge on any atom is -0.372 e. The molecule has 2 saturated heterocycles. The summed E-state index contributed by atoms with van der Waals surface area (Å²) in [5, 5.41) is 10.8. The number of nitriles is 1. The van der Waals surface area contributed by atoms with Crippen molar-refractivity contribution >= 4 is 11.9 Å². The van der Waals surface area contributed by atoms with E-state index in [1.54, 1.807) is 6.07 Å². The fourth-order valence-electron chi connectivity index (χ4n) is 6.84. The summed E-state index contributed by atoms with van der Waals surface area (Å²) in [4.78, 5) is 20.0. The fourth-order valence-corrected chi connectivity index (χ4v) is 6.84. The second kappa shape index (κ2) is 13.7. The van der Waals surface area contributed by atoms with Crippen LogP contribution in [0.4, 0.5) is 8.78 Å². The van der Waals surface area contributed by atoms with Crippen LogP contribution in [-0.2, 0) is 11.3 Å². The summed E-state index contributed by atoms with van der Waals surface area (Å²) in [5.41, 5.74) is 2.76. The van der Waals surface area contributed by atoms with E-state index in [1.165, 1.54) is 11.8 Å². The first-order chi connectivity index (χ1) is 20.7. The van der Waals surface area contributed by atoms with Crippen molar-refractivity contribution in [2.75, 3.05) is 46.4 Å². The number of aliphatic imine (C=N–C) groups is 1. The van der Waals surface area contributed by atoms with E-state index in [-0.39, 0.29) is 30.1 Å². The SMILES string of the molecule is CCC(C=NCC1(CC#N)CN(C2CCN(C(C)C(C)OCc3ccc(F)c(F)c3)CC2)C1)C1=c2cc[nH]c2=NCN1C. The van der Waals surface area contributed by atoms with Crippen molar-refractivity contribution in [1.29, 1.82) is 5.26 Å². The Morgan fingerprint density at radius 3 is 2.67 bits per heavy atom. The lowest BCUT2D eigenvalue weighted by atomic mass is 9.75. The fraction of sp³-hybridized carbons (Fsp3) is 0.606. The summed E-state index contributed by atoms with van der Waals surface area (Å²) in [6.45, 7) is 11.8. The van der Waals surface area contributed by atoms with Gasteiger partial charge in [-0.15, -0.1) is 0 Å². The van der Waals surface area contributed by atoms with Crippen molar-refractivity contribution in [2.45, 2.75) is 71.2 Å². The number of nitrogens with zero attached hydrogens (tertiary/aromatic N) is 6. The maximum absolute atomic E-state index is 13.5. The number of H-pyrrole nitrogens is 1. The molecule has 232 valence electrons. The summed E-state index contributed by atoms with van der Waals surface area (Å²) in [5.74, 6) is -1.48. The topological polar surface area (TPSA) is 83.2 Å². The van der Waals surface area contributed by atoms with E-state index in [0.717, 1.165) is 62.2 Å². The van der Waals surface area contributed by atoms with Crippen molar-refractivity contribution in [3.8, 4) is 6.07 Å². The average molecular weight is 594 g/mol. The van der Waals surface area contributed by atoms with Crippen LogP contribution in [0.5, 0.6) is 0 Å². The molecule has 2 aromatic rings. The third kappa shape index (κ3) is 7.00. The zero-order chi connectivity index (χ0) is 30.6. The molecule has 0 spiro atoms. The first kappa shape index (κ1) is 31.3. The number of aromatic nitrogens is 1. The normalized spacial score (nSPS) is 21.6. The van der Waals surface area contributed by atoms with Crippen LogP contribution in [0.2, 0.25) is 0 Å². The van der Waals surface area contributed by atoms with Crippen molar-refractivity contribution in [3.63, 3.8) is 0 Å². The van der Waals surface area contributed by atoms with Crippen molar-refractivity contribution in [3.05, 3.63) is 58.4 Å². The predicted molar refractivity (Wildman–Crippen MR) is 164 cm³/mol. The quantitative estimate of drug-likeness (QED) is 0.380. The van der Waals surface area contributed by atoms with Gasteiger partial charge in [0, 0.05) is 92.9 Å². The van der Waals surface area contributed by atoms with Gasteiger partial charge >= 0.3 is 0 Å². The lowest BCUT2D eigenvalue weighted by Gasteiger charge is -2.54. The molecule has 0 bridgehead atoms. The minimum absolute atomic E-state index is 0.0356. The number of hydrogen-bond acceptors (Lipinski definition) is 7. The van der Waals surface area contributed by atoms with Gasteiger partial charge in [-0.25, -0.2) is 13.8 Å². The smallest absolute Gasteiger partial charge is 0.159 e. The molecule has 4 heterocycles. The maximum atomic E-state index is 13.5. The molecule has 5 rings (SSSR count). The van der Waals surface area contributed by atoms with Gasteiger partial charge in [-0.1, -0.05) is 13.0 Å². The number of fused-ring (bicyclic) bond motifs is 1. The molecule has 0 radical (unpaired) electrons. The van der Waals surface area contributed by atoms with E-state index in [1.807, 2.05) is 13.1 Å². The van der Waals surface area contributed by atoms with Crippen LogP contribution in [0.3, 0.4) is 0 Å². The Hall–Kier alpha value is -3.13. The van der Waals surface area contributed by atoms with Crippen molar-refractivity contribution in [2.24, 2.45) is 21.3 Å². The van der Waals surface area contributed by atoms with Crippen LogP contribution in [-0.4, -0.2) is 90.5 Å². The number of halogens is 2. The average Bonchev–Trinajstić information content (AvgIpc) is 3.47. The van der Waals surface area contributed by atoms with Crippen LogP contribution < -0.4 is 10.7 Å². The number of piperidine rings is 1. The van der Waals surface area contributed by atoms with Gasteiger partial charge in [-0.3, -0.25) is 14.8 Å². The third-order valence-electron chi connectivity index (χ3n) is 9.66. The molecule has 1 N–H and O–H groups in total. The van der Waals surface area contributed by atoms with Crippen LogP contribution in [0.15, 0.2) is 40.4 Å². The highest BCUT2D eigenvalue weighted by Gasteiger charge is 2.46. The number of rotatable bonds is 12. The van der Waals surface area contributed by atoms with Gasteiger partial charge in [0.15, 0.2) is 11.6 Å². The first-order valence-electron chi connectivity index (χ1n) is 15.6. The minimum atomic E-state index is -0.843. The third-order valence-corrected chi connectivity index (χ3v) is 9.66. The van der Waals surface area contributed by atoms with Gasteiger partial charge in [0.25, 0.3) is 0 Å². The molecular formula is C33H45F2N7O. The first-order valence-corrected chi connectivity index (χ1v) is 15.6. The van der Waals surface area contributed by atoms with Crippen LogP contribution in [0, 0.1) is 34.3 Å². The lowest BCUT2D eigenvalue weighted by molar-refractivity contribution is -0.0564. The molecule has 3 aliphatic heterocycles. The standard InChI is InChI=1S/C33H45F2N7O/c1-5-26(31-28-8-13-38-32(28)39-22-40(31)4)17-37-19-33(11-12-36)20-42(21-33)27-9-14-41(15-10-27)23(2)24(3)43-18-25-6-7-29(34)30(35)16-25/h6-8,13,16-17,23-24,26-27H,5,9-11,14-15,18-22H2,1-4H3,(H,38,39). The van der Waals surface area contributed by atoms with Gasteiger partial charge in [0.1, 0.15) is 12.2 Å². The van der Waals surface area contributed by atoms with Gasteiger partial charge in [-0.05, 0) is 56.9 Å². The van der Waals surface area contributed by atoms with Crippen LogP contribution in [0.25, 0.3) is 5.70 Å². The maximum Gasteiger partial charge on any atom is 0.159 e. The highest BCUT2D eigenvalue weighted by Crippen LogP contribution is 2.38. The monoisotopic (exact) mass is 593 g/mol. The molecule has 1 aromatic carbocycles. The molecule has 0 saturated carbocycles. The predicted octanol–water partition coefficient (Wildman–Crippen LogP) is 3.69. The Morgan fingerprint density at radius 2 is 1.98 bits per heavy atom. The number of benzene rings is 1. The van der Waals surface area contributed by atoms with Gasteiger partial charge in [0.2, 0.25) is 0 Å². The molecule has 0 aliphatic carbocycles.